The normalized spacial score (nSPS) is 14.4. The topological polar surface area (TPSA) is 44.8 Å². The molecule has 2 rings (SSSR count). The summed E-state index contributed by atoms with van der Waals surface area (Å²) in [5.41, 5.74) is 0. The molecule has 0 saturated heterocycles. The zero-order valence-corrected chi connectivity index (χ0v) is 21.1. The number of hydrogen-bond acceptors (Lipinski definition) is 4. The second kappa shape index (κ2) is 12.8. The van der Waals surface area contributed by atoms with Gasteiger partial charge < -0.3 is 13.9 Å². The zero-order valence-electron chi connectivity index (χ0n) is 20.1. The van der Waals surface area contributed by atoms with Gasteiger partial charge in [0.15, 0.2) is 0 Å². The Labute approximate surface area is 194 Å². The smallest absolute Gasteiger partial charge is 0.261 e. The van der Waals surface area contributed by atoms with E-state index in [1.807, 2.05) is 6.08 Å². The summed E-state index contributed by atoms with van der Waals surface area (Å²) in [6.07, 6.45) is 5.59. The van der Waals surface area contributed by atoms with Gasteiger partial charge in [0.2, 0.25) is 0 Å². The first-order chi connectivity index (χ1) is 15.3. The molecule has 0 amide bonds. The number of aldehydes is 1. The van der Waals surface area contributed by atoms with Gasteiger partial charge in [-0.3, -0.25) is 4.79 Å². The van der Waals surface area contributed by atoms with Crippen LogP contribution in [0.15, 0.2) is 72.8 Å². The molecular formula is C27H38O4Si. The second-order valence-electron chi connectivity index (χ2n) is 9.09. The Kier molecular flexibility index (Phi) is 10.5. The number of hydrogen-bond donors (Lipinski definition) is 0. The van der Waals surface area contributed by atoms with Crippen LogP contribution in [-0.2, 0) is 18.7 Å². The molecule has 174 valence electrons. The lowest BCUT2D eigenvalue weighted by molar-refractivity contribution is -0.104. The Morgan fingerprint density at radius 3 is 1.94 bits per heavy atom. The van der Waals surface area contributed by atoms with Gasteiger partial charge >= 0.3 is 0 Å². The fraction of sp³-hybridized carbons (Fsp3) is 0.444. The largest absolute Gasteiger partial charge is 0.405 e. The molecule has 0 aromatic heterocycles. The van der Waals surface area contributed by atoms with Gasteiger partial charge in [0.25, 0.3) is 8.32 Å². The predicted octanol–water partition coefficient (Wildman–Crippen LogP) is 4.52. The Hall–Kier alpha value is -2.05. The Balaban J connectivity index is 2.29. The van der Waals surface area contributed by atoms with Crippen molar-refractivity contribution in [3.05, 3.63) is 72.8 Å². The van der Waals surface area contributed by atoms with Gasteiger partial charge in [0.05, 0.1) is 19.3 Å². The lowest BCUT2D eigenvalue weighted by atomic mass is 10.1. The first-order valence-electron chi connectivity index (χ1n) is 11.4. The number of benzene rings is 2. The van der Waals surface area contributed by atoms with Crippen LogP contribution in [-0.4, -0.2) is 47.1 Å². The van der Waals surface area contributed by atoms with E-state index in [-0.39, 0.29) is 17.2 Å². The summed E-state index contributed by atoms with van der Waals surface area (Å²) in [4.78, 5) is 10.8. The van der Waals surface area contributed by atoms with E-state index >= 15 is 0 Å². The molecule has 5 heteroatoms. The van der Waals surface area contributed by atoms with Crippen LogP contribution in [0.4, 0.5) is 0 Å². The molecule has 4 nitrogen and oxygen atoms in total. The number of carbonyl (C=O) groups excluding carboxylic acids is 1. The minimum atomic E-state index is -2.58. The third-order valence-electron chi connectivity index (χ3n) is 5.68. The molecule has 0 fully saturated rings. The van der Waals surface area contributed by atoms with Crippen molar-refractivity contribution in [2.24, 2.45) is 0 Å². The highest BCUT2D eigenvalue weighted by Crippen LogP contribution is 2.38. The average Bonchev–Trinajstić information content (AvgIpc) is 2.79. The molecule has 0 aliphatic heterocycles. The summed E-state index contributed by atoms with van der Waals surface area (Å²) < 4.78 is 18.1. The molecule has 2 aromatic rings. The van der Waals surface area contributed by atoms with Gasteiger partial charge in [-0.25, -0.2) is 0 Å². The van der Waals surface area contributed by atoms with E-state index in [0.29, 0.717) is 13.2 Å². The predicted molar refractivity (Wildman–Crippen MR) is 134 cm³/mol. The first-order valence-corrected chi connectivity index (χ1v) is 13.3. The highest BCUT2D eigenvalue weighted by molar-refractivity contribution is 6.99. The maximum atomic E-state index is 10.8. The quantitative estimate of drug-likeness (QED) is 0.193. The van der Waals surface area contributed by atoms with Crippen molar-refractivity contribution in [3.8, 4) is 0 Å². The molecule has 0 radical (unpaired) electrons. The van der Waals surface area contributed by atoms with E-state index < -0.39 is 8.32 Å². The van der Waals surface area contributed by atoms with Gasteiger partial charge in [-0.05, 0) is 41.3 Å². The zero-order chi connectivity index (χ0) is 23.5. The van der Waals surface area contributed by atoms with Gasteiger partial charge in [-0.2, -0.15) is 0 Å². The Bertz CT molecular complexity index is 775. The van der Waals surface area contributed by atoms with Crippen LogP contribution in [0.1, 0.15) is 40.5 Å². The van der Waals surface area contributed by atoms with Crippen LogP contribution in [0, 0.1) is 0 Å². The third-order valence-corrected chi connectivity index (χ3v) is 10.8. The lowest BCUT2D eigenvalue weighted by Crippen LogP contribution is -2.67. The van der Waals surface area contributed by atoms with Crippen LogP contribution in [0.3, 0.4) is 0 Å². The van der Waals surface area contributed by atoms with Crippen molar-refractivity contribution >= 4 is 25.0 Å². The van der Waals surface area contributed by atoms with Crippen molar-refractivity contribution < 1.29 is 18.7 Å². The molecular weight excluding hydrogens is 416 g/mol. The number of methoxy groups -OCH3 is 1. The standard InChI is InChI=1S/C27H38O4Si/c1-23(18-19-24(13-12-20-28)30-22-21-29-5)31-32(27(2,3)4,25-14-8-6-9-15-25)26-16-10-7-11-17-26/h6-17,20,23-24H,18-19,21-22H2,1-5H3/b13-12+/t23-,24+/m1/s1. The van der Waals surface area contributed by atoms with Crippen molar-refractivity contribution in [1.29, 1.82) is 0 Å². The van der Waals surface area contributed by atoms with E-state index in [9.17, 15) is 4.79 Å². The Morgan fingerprint density at radius 2 is 1.47 bits per heavy atom. The van der Waals surface area contributed by atoms with E-state index in [4.69, 9.17) is 13.9 Å². The van der Waals surface area contributed by atoms with Crippen LogP contribution in [0.25, 0.3) is 0 Å². The number of ether oxygens (including phenoxy) is 2. The van der Waals surface area contributed by atoms with E-state index in [1.165, 1.54) is 16.4 Å². The fourth-order valence-electron chi connectivity index (χ4n) is 4.14. The van der Waals surface area contributed by atoms with Crippen LogP contribution < -0.4 is 10.4 Å². The van der Waals surface area contributed by atoms with Crippen LogP contribution in [0.5, 0.6) is 0 Å². The minimum Gasteiger partial charge on any atom is -0.405 e. The molecule has 0 unspecified atom stereocenters. The highest BCUT2D eigenvalue weighted by Gasteiger charge is 2.50. The van der Waals surface area contributed by atoms with E-state index in [1.54, 1.807) is 7.11 Å². The van der Waals surface area contributed by atoms with E-state index in [2.05, 4.69) is 88.4 Å². The molecule has 0 heterocycles. The van der Waals surface area contributed by atoms with Gasteiger partial charge in [-0.1, -0.05) is 87.5 Å². The molecule has 32 heavy (non-hydrogen) atoms. The molecule has 0 saturated carbocycles. The van der Waals surface area contributed by atoms with Crippen molar-refractivity contribution in [2.45, 2.75) is 57.8 Å². The second-order valence-corrected chi connectivity index (χ2v) is 13.3. The monoisotopic (exact) mass is 454 g/mol. The van der Waals surface area contributed by atoms with Gasteiger partial charge in [0, 0.05) is 13.2 Å². The number of rotatable bonds is 13. The summed E-state index contributed by atoms with van der Waals surface area (Å²) in [5.74, 6) is 0. The summed E-state index contributed by atoms with van der Waals surface area (Å²) in [6, 6.07) is 21.4. The average molecular weight is 455 g/mol. The summed E-state index contributed by atoms with van der Waals surface area (Å²) in [5, 5.41) is 2.49. The summed E-state index contributed by atoms with van der Waals surface area (Å²) in [6.45, 7) is 10.0. The molecule has 0 aliphatic carbocycles. The Morgan fingerprint density at radius 1 is 0.906 bits per heavy atom. The highest BCUT2D eigenvalue weighted by atomic mass is 28.4. The molecule has 0 aliphatic rings. The summed E-state index contributed by atoms with van der Waals surface area (Å²) >= 11 is 0. The maximum absolute atomic E-state index is 10.8. The third kappa shape index (κ3) is 6.97. The number of allylic oxidation sites excluding steroid dienone is 1. The molecule has 0 N–H and O–H groups in total. The summed E-state index contributed by atoms with van der Waals surface area (Å²) in [7, 11) is -0.924. The van der Waals surface area contributed by atoms with Crippen LogP contribution >= 0.6 is 0 Å². The van der Waals surface area contributed by atoms with Gasteiger partial charge in [-0.15, -0.1) is 0 Å². The fourth-order valence-corrected chi connectivity index (χ4v) is 8.87. The lowest BCUT2D eigenvalue weighted by Gasteiger charge is -2.44. The first kappa shape index (κ1) is 26.2. The molecule has 2 aromatic carbocycles. The molecule has 2 atom stereocenters. The van der Waals surface area contributed by atoms with Gasteiger partial charge in [0.1, 0.15) is 6.29 Å². The SMILES string of the molecule is COCCO[C@@H](/C=C/C=O)CC[C@@H](C)O[Si](c1ccccc1)(c1ccccc1)C(C)(C)C. The van der Waals surface area contributed by atoms with E-state index in [0.717, 1.165) is 19.1 Å². The van der Waals surface area contributed by atoms with Crippen molar-refractivity contribution in [3.63, 3.8) is 0 Å². The number of carbonyl (C=O) groups is 1. The molecule has 0 bridgehead atoms. The van der Waals surface area contributed by atoms with Crippen LogP contribution in [0.2, 0.25) is 5.04 Å². The molecule has 0 spiro atoms. The maximum Gasteiger partial charge on any atom is 0.261 e. The minimum absolute atomic E-state index is 0.0273. The van der Waals surface area contributed by atoms with Crippen molar-refractivity contribution in [2.75, 3.05) is 20.3 Å². The van der Waals surface area contributed by atoms with Crippen molar-refractivity contribution in [1.82, 2.24) is 0 Å².